The number of carbonyl (C=O) groups is 1. The van der Waals surface area contributed by atoms with Crippen LogP contribution in [0.15, 0.2) is 21.1 Å². The lowest BCUT2D eigenvalue weighted by atomic mass is 10.2. The third-order valence-electron chi connectivity index (χ3n) is 2.97. The Bertz CT molecular complexity index is 600. The average molecular weight is 278 g/mol. The van der Waals surface area contributed by atoms with Gasteiger partial charge >= 0.3 is 5.97 Å². The molecule has 0 amide bonds. The van der Waals surface area contributed by atoms with E-state index in [0.29, 0.717) is 29.5 Å². The number of ether oxygens (including phenoxy) is 1. The van der Waals surface area contributed by atoms with E-state index in [9.17, 15) is 4.79 Å². The average Bonchev–Trinajstić information content (AvgIpc) is 3.01. The zero-order valence-electron chi connectivity index (χ0n) is 12.0. The first-order chi connectivity index (χ1) is 9.51. The van der Waals surface area contributed by atoms with E-state index in [1.165, 1.54) is 7.11 Å². The van der Waals surface area contributed by atoms with Crippen LogP contribution in [0, 0.1) is 13.8 Å². The molecule has 2 rings (SSSR count). The minimum Gasteiger partial charge on any atom is -0.465 e. The molecule has 0 fully saturated rings. The number of aromatic nitrogens is 1. The molecule has 0 bridgehead atoms. The SMILES string of the molecule is COC(=O)c1cc(CNC(C)c2ncc(C)o2)oc1C. The van der Waals surface area contributed by atoms with Gasteiger partial charge in [-0.15, -0.1) is 0 Å². The molecule has 2 aromatic rings. The molecule has 0 aliphatic rings. The van der Waals surface area contributed by atoms with Crippen LogP contribution in [-0.2, 0) is 11.3 Å². The van der Waals surface area contributed by atoms with Crippen LogP contribution in [0.1, 0.15) is 46.5 Å². The van der Waals surface area contributed by atoms with Crippen molar-refractivity contribution in [1.29, 1.82) is 0 Å². The van der Waals surface area contributed by atoms with Gasteiger partial charge in [0.25, 0.3) is 0 Å². The zero-order chi connectivity index (χ0) is 14.7. The first kappa shape index (κ1) is 14.3. The summed E-state index contributed by atoms with van der Waals surface area (Å²) in [6, 6.07) is 1.64. The molecule has 6 nitrogen and oxygen atoms in total. The zero-order valence-corrected chi connectivity index (χ0v) is 12.0. The number of methoxy groups -OCH3 is 1. The number of hydrogen-bond donors (Lipinski definition) is 1. The Hall–Kier alpha value is -2.08. The van der Waals surface area contributed by atoms with Crippen molar-refractivity contribution in [3.63, 3.8) is 0 Å². The molecule has 0 aliphatic carbocycles. The van der Waals surface area contributed by atoms with Crippen LogP contribution in [0.5, 0.6) is 0 Å². The third kappa shape index (κ3) is 3.08. The number of carbonyl (C=O) groups excluding carboxylic acids is 1. The Morgan fingerprint density at radius 1 is 1.45 bits per heavy atom. The van der Waals surface area contributed by atoms with Crippen molar-refractivity contribution in [2.75, 3.05) is 7.11 Å². The number of hydrogen-bond acceptors (Lipinski definition) is 6. The van der Waals surface area contributed by atoms with E-state index < -0.39 is 5.97 Å². The van der Waals surface area contributed by atoms with Crippen molar-refractivity contribution in [2.45, 2.75) is 33.4 Å². The summed E-state index contributed by atoms with van der Waals surface area (Å²) in [5.41, 5.74) is 0.448. The topological polar surface area (TPSA) is 77.5 Å². The first-order valence-electron chi connectivity index (χ1n) is 6.34. The summed E-state index contributed by atoms with van der Waals surface area (Å²) in [6.45, 7) is 6.00. The van der Waals surface area contributed by atoms with Gasteiger partial charge in [-0.25, -0.2) is 9.78 Å². The number of furan rings is 1. The van der Waals surface area contributed by atoms with Gasteiger partial charge in [0.1, 0.15) is 22.8 Å². The quantitative estimate of drug-likeness (QED) is 0.847. The van der Waals surface area contributed by atoms with Gasteiger partial charge in [-0.2, -0.15) is 0 Å². The number of aryl methyl sites for hydroxylation is 2. The number of nitrogens with one attached hydrogen (secondary N) is 1. The summed E-state index contributed by atoms with van der Waals surface area (Å²) < 4.78 is 15.6. The third-order valence-corrected chi connectivity index (χ3v) is 2.97. The largest absolute Gasteiger partial charge is 0.465 e. The molecule has 0 radical (unpaired) electrons. The number of oxazole rings is 1. The fourth-order valence-corrected chi connectivity index (χ4v) is 1.86. The molecular weight excluding hydrogens is 260 g/mol. The predicted molar refractivity (Wildman–Crippen MR) is 71.3 cm³/mol. The molecule has 108 valence electrons. The predicted octanol–water partition coefficient (Wildman–Crippen LogP) is 2.52. The number of rotatable bonds is 5. The van der Waals surface area contributed by atoms with Gasteiger partial charge in [0.2, 0.25) is 5.89 Å². The van der Waals surface area contributed by atoms with Gasteiger partial charge in [-0.1, -0.05) is 0 Å². The summed E-state index contributed by atoms with van der Waals surface area (Å²) in [5, 5.41) is 3.22. The molecular formula is C14H18N2O4. The Morgan fingerprint density at radius 2 is 2.20 bits per heavy atom. The van der Waals surface area contributed by atoms with Crippen LogP contribution >= 0.6 is 0 Å². The lowest BCUT2D eigenvalue weighted by Crippen LogP contribution is -2.18. The highest BCUT2D eigenvalue weighted by molar-refractivity contribution is 5.90. The van der Waals surface area contributed by atoms with Gasteiger partial charge in [0.15, 0.2) is 0 Å². The van der Waals surface area contributed by atoms with Crippen molar-refractivity contribution < 1.29 is 18.4 Å². The smallest absolute Gasteiger partial charge is 0.341 e. The minimum atomic E-state index is -0.395. The van der Waals surface area contributed by atoms with Crippen LogP contribution < -0.4 is 5.32 Å². The molecule has 2 heterocycles. The van der Waals surface area contributed by atoms with E-state index >= 15 is 0 Å². The highest BCUT2D eigenvalue weighted by Crippen LogP contribution is 2.17. The van der Waals surface area contributed by atoms with Crippen molar-refractivity contribution in [3.05, 3.63) is 41.0 Å². The molecule has 1 atom stereocenters. The molecule has 0 aromatic carbocycles. The second kappa shape index (κ2) is 5.92. The Morgan fingerprint density at radius 3 is 2.80 bits per heavy atom. The summed E-state index contributed by atoms with van der Waals surface area (Å²) in [7, 11) is 1.35. The maximum absolute atomic E-state index is 11.5. The molecule has 1 unspecified atom stereocenters. The van der Waals surface area contributed by atoms with Crippen LogP contribution in [0.3, 0.4) is 0 Å². The molecule has 0 spiro atoms. The Labute approximate surface area is 117 Å². The van der Waals surface area contributed by atoms with Crippen LogP contribution in [0.25, 0.3) is 0 Å². The lowest BCUT2D eigenvalue weighted by molar-refractivity contribution is 0.0599. The summed E-state index contributed by atoms with van der Waals surface area (Å²) >= 11 is 0. The molecule has 0 saturated heterocycles. The van der Waals surface area contributed by atoms with Gasteiger partial charge in [0.05, 0.1) is 25.9 Å². The van der Waals surface area contributed by atoms with Crippen LogP contribution in [0.4, 0.5) is 0 Å². The van der Waals surface area contributed by atoms with Crippen molar-refractivity contribution in [2.24, 2.45) is 0 Å². The van der Waals surface area contributed by atoms with Crippen molar-refractivity contribution in [3.8, 4) is 0 Å². The maximum Gasteiger partial charge on any atom is 0.341 e. The molecule has 6 heteroatoms. The summed E-state index contributed by atoms with van der Waals surface area (Å²) in [5.74, 6) is 2.22. The van der Waals surface area contributed by atoms with Gasteiger partial charge < -0.3 is 13.6 Å². The number of nitrogens with zero attached hydrogens (tertiary/aromatic N) is 1. The lowest BCUT2D eigenvalue weighted by Gasteiger charge is -2.08. The molecule has 0 aliphatic heterocycles. The van der Waals surface area contributed by atoms with E-state index in [0.717, 1.165) is 5.76 Å². The second-order valence-electron chi connectivity index (χ2n) is 4.59. The van der Waals surface area contributed by atoms with E-state index in [1.807, 2.05) is 13.8 Å². The van der Waals surface area contributed by atoms with Crippen LogP contribution in [-0.4, -0.2) is 18.1 Å². The summed E-state index contributed by atoms with van der Waals surface area (Å²) in [4.78, 5) is 15.6. The Balaban J connectivity index is 1.99. The van der Waals surface area contributed by atoms with Gasteiger partial charge in [0, 0.05) is 0 Å². The molecule has 20 heavy (non-hydrogen) atoms. The molecule has 2 aromatic heterocycles. The Kier molecular flexibility index (Phi) is 4.24. The first-order valence-corrected chi connectivity index (χ1v) is 6.34. The standard InChI is InChI=1S/C14H18N2O4/c1-8-6-16-13(19-8)9(2)15-7-11-5-12(10(3)20-11)14(17)18-4/h5-6,9,15H,7H2,1-4H3. The van der Waals surface area contributed by atoms with E-state index in [4.69, 9.17) is 8.83 Å². The monoisotopic (exact) mass is 278 g/mol. The van der Waals surface area contributed by atoms with E-state index in [-0.39, 0.29) is 6.04 Å². The molecule has 1 N–H and O–H groups in total. The fraction of sp³-hybridized carbons (Fsp3) is 0.429. The van der Waals surface area contributed by atoms with Gasteiger partial charge in [-0.3, -0.25) is 5.32 Å². The van der Waals surface area contributed by atoms with E-state index in [1.54, 1.807) is 19.2 Å². The highest BCUT2D eigenvalue weighted by Gasteiger charge is 2.16. The minimum absolute atomic E-state index is 0.0457. The van der Waals surface area contributed by atoms with Crippen molar-refractivity contribution in [1.82, 2.24) is 10.3 Å². The maximum atomic E-state index is 11.5. The number of esters is 1. The van der Waals surface area contributed by atoms with Gasteiger partial charge in [-0.05, 0) is 26.8 Å². The van der Waals surface area contributed by atoms with Crippen LogP contribution in [0.2, 0.25) is 0 Å². The highest BCUT2D eigenvalue weighted by atomic mass is 16.5. The van der Waals surface area contributed by atoms with E-state index in [2.05, 4.69) is 15.0 Å². The van der Waals surface area contributed by atoms with Crippen molar-refractivity contribution >= 4 is 5.97 Å². The fourth-order valence-electron chi connectivity index (χ4n) is 1.86. The molecule has 0 saturated carbocycles. The second-order valence-corrected chi connectivity index (χ2v) is 4.59. The normalized spacial score (nSPS) is 12.4. The summed E-state index contributed by atoms with van der Waals surface area (Å²) in [6.07, 6.45) is 1.68.